The van der Waals surface area contributed by atoms with Crippen molar-refractivity contribution in [1.82, 2.24) is 10.2 Å². The van der Waals surface area contributed by atoms with Crippen LogP contribution in [-0.4, -0.2) is 37.6 Å². The summed E-state index contributed by atoms with van der Waals surface area (Å²) < 4.78 is 5.22. The van der Waals surface area contributed by atoms with Crippen LogP contribution < -0.4 is 10.1 Å². The van der Waals surface area contributed by atoms with Crippen molar-refractivity contribution in [2.24, 2.45) is 11.8 Å². The smallest absolute Gasteiger partial charge is 0.234 e. The molecular weight excluding hydrogens is 288 g/mol. The largest absolute Gasteiger partial charge is 0.497 e. The lowest BCUT2D eigenvalue weighted by molar-refractivity contribution is -0.123. The number of nitrogens with one attached hydrogen (secondary N) is 1. The van der Waals surface area contributed by atoms with E-state index in [1.54, 1.807) is 7.11 Å². The maximum absolute atomic E-state index is 12.5. The first-order valence-electron chi connectivity index (χ1n) is 8.72. The highest BCUT2D eigenvalue weighted by atomic mass is 16.5. The van der Waals surface area contributed by atoms with Crippen molar-refractivity contribution in [3.05, 3.63) is 29.8 Å². The van der Waals surface area contributed by atoms with Crippen molar-refractivity contribution in [2.45, 2.75) is 44.7 Å². The Labute approximate surface area is 139 Å². The normalized spacial score (nSPS) is 20.2. The van der Waals surface area contributed by atoms with Gasteiger partial charge in [0.25, 0.3) is 0 Å². The number of ether oxygens (including phenoxy) is 1. The number of hydrogen-bond acceptors (Lipinski definition) is 3. The van der Waals surface area contributed by atoms with Gasteiger partial charge in [-0.1, -0.05) is 12.1 Å². The predicted molar refractivity (Wildman–Crippen MR) is 91.4 cm³/mol. The molecule has 2 aliphatic carbocycles. The third kappa shape index (κ3) is 4.25. The van der Waals surface area contributed by atoms with Gasteiger partial charge in [0.15, 0.2) is 0 Å². The van der Waals surface area contributed by atoms with Crippen molar-refractivity contribution in [2.75, 3.05) is 20.7 Å². The van der Waals surface area contributed by atoms with Crippen molar-refractivity contribution in [3.8, 4) is 5.75 Å². The molecule has 1 amide bonds. The maximum Gasteiger partial charge on any atom is 0.234 e. The number of methoxy groups -OCH3 is 1. The first-order valence-corrected chi connectivity index (χ1v) is 8.72. The van der Waals surface area contributed by atoms with Crippen LogP contribution in [0.3, 0.4) is 0 Å². The number of hydrogen-bond donors (Lipinski definition) is 1. The van der Waals surface area contributed by atoms with Crippen molar-refractivity contribution in [1.29, 1.82) is 0 Å². The molecule has 4 nitrogen and oxygen atoms in total. The quantitative estimate of drug-likeness (QED) is 0.801. The van der Waals surface area contributed by atoms with E-state index in [-0.39, 0.29) is 11.9 Å². The molecule has 2 saturated carbocycles. The lowest BCUT2D eigenvalue weighted by atomic mass is 10.0. The summed E-state index contributed by atoms with van der Waals surface area (Å²) in [5, 5.41) is 3.26. The fraction of sp³-hybridized carbons (Fsp3) is 0.632. The maximum atomic E-state index is 12.5. The minimum Gasteiger partial charge on any atom is -0.497 e. The molecule has 4 heteroatoms. The van der Waals surface area contributed by atoms with Gasteiger partial charge in [-0.05, 0) is 69.2 Å². The number of carbonyl (C=O) groups excluding carboxylic acids is 1. The highest BCUT2D eigenvalue weighted by molar-refractivity contribution is 5.78. The third-order valence-corrected chi connectivity index (χ3v) is 5.28. The zero-order valence-electron chi connectivity index (χ0n) is 14.4. The number of benzene rings is 1. The Morgan fingerprint density at radius 3 is 2.35 bits per heavy atom. The van der Waals surface area contributed by atoms with Crippen LogP contribution in [0.4, 0.5) is 0 Å². The average molecular weight is 316 g/mol. The van der Waals surface area contributed by atoms with Gasteiger partial charge >= 0.3 is 0 Å². The van der Waals surface area contributed by atoms with Gasteiger partial charge in [-0.3, -0.25) is 9.69 Å². The molecule has 23 heavy (non-hydrogen) atoms. The van der Waals surface area contributed by atoms with E-state index in [9.17, 15) is 4.79 Å². The second-order valence-electron chi connectivity index (χ2n) is 7.15. The molecule has 2 atom stereocenters. The Kier molecular flexibility index (Phi) is 4.90. The summed E-state index contributed by atoms with van der Waals surface area (Å²) in [7, 11) is 3.73. The highest BCUT2D eigenvalue weighted by Gasteiger charge is 2.34. The second kappa shape index (κ2) is 6.91. The molecule has 1 N–H and O–H groups in total. The van der Waals surface area contributed by atoms with Gasteiger partial charge in [0, 0.05) is 6.04 Å². The first-order chi connectivity index (χ1) is 11.1. The van der Waals surface area contributed by atoms with Crippen LogP contribution in [-0.2, 0) is 4.79 Å². The van der Waals surface area contributed by atoms with Crippen LogP contribution in [0.1, 0.15) is 44.2 Å². The van der Waals surface area contributed by atoms with Gasteiger partial charge in [0.1, 0.15) is 5.75 Å². The van der Waals surface area contributed by atoms with Crippen LogP contribution in [0.25, 0.3) is 0 Å². The molecule has 0 aliphatic heterocycles. The molecule has 0 bridgehead atoms. The zero-order valence-corrected chi connectivity index (χ0v) is 14.4. The number of likely N-dealkylation sites (N-methyl/N-ethyl adjacent to an activating group) is 1. The van der Waals surface area contributed by atoms with Crippen molar-refractivity contribution >= 4 is 5.91 Å². The SMILES string of the molecule is COc1ccc(C(NC(=O)CN(C)C(C)C2CC2)C2CC2)cc1. The standard InChI is InChI=1S/C19H28N2O2/c1-13(14-4-5-14)21(2)12-18(22)20-19(15-6-7-15)16-8-10-17(23-3)11-9-16/h8-11,13-15,19H,4-7,12H2,1-3H3,(H,20,22). The Bertz CT molecular complexity index is 535. The van der Waals surface area contributed by atoms with Gasteiger partial charge < -0.3 is 10.1 Å². The summed E-state index contributed by atoms with van der Waals surface area (Å²) in [6, 6.07) is 8.72. The van der Waals surface area contributed by atoms with Gasteiger partial charge in [-0.15, -0.1) is 0 Å². The molecule has 2 aliphatic rings. The molecule has 0 saturated heterocycles. The number of rotatable bonds is 8. The topological polar surface area (TPSA) is 41.6 Å². The van der Waals surface area contributed by atoms with E-state index in [0.717, 1.165) is 11.7 Å². The van der Waals surface area contributed by atoms with Crippen LogP contribution in [0.2, 0.25) is 0 Å². The molecule has 3 rings (SSSR count). The lowest BCUT2D eigenvalue weighted by Gasteiger charge is -2.26. The summed E-state index contributed by atoms with van der Waals surface area (Å²) in [5.41, 5.74) is 1.18. The molecule has 1 aromatic rings. The molecule has 2 fully saturated rings. The van der Waals surface area contributed by atoms with Crippen LogP contribution >= 0.6 is 0 Å². The molecule has 0 spiro atoms. The van der Waals surface area contributed by atoms with E-state index >= 15 is 0 Å². The molecule has 0 aromatic heterocycles. The molecule has 2 unspecified atom stereocenters. The Morgan fingerprint density at radius 2 is 1.83 bits per heavy atom. The summed E-state index contributed by atoms with van der Waals surface area (Å²) in [6.45, 7) is 2.71. The average Bonchev–Trinajstić information content (AvgIpc) is 3.44. The fourth-order valence-corrected chi connectivity index (χ4v) is 3.24. The highest BCUT2D eigenvalue weighted by Crippen LogP contribution is 2.41. The van der Waals surface area contributed by atoms with Crippen molar-refractivity contribution < 1.29 is 9.53 Å². The van der Waals surface area contributed by atoms with E-state index in [1.807, 2.05) is 12.1 Å². The van der Waals surface area contributed by atoms with Crippen molar-refractivity contribution in [3.63, 3.8) is 0 Å². The van der Waals surface area contributed by atoms with Gasteiger partial charge in [-0.2, -0.15) is 0 Å². The zero-order chi connectivity index (χ0) is 16.4. The van der Waals surface area contributed by atoms with Gasteiger partial charge in [0.05, 0.1) is 19.7 Å². The van der Waals surface area contributed by atoms with E-state index < -0.39 is 0 Å². The van der Waals surface area contributed by atoms with Gasteiger partial charge in [-0.25, -0.2) is 0 Å². The van der Waals surface area contributed by atoms with Crippen LogP contribution in [0, 0.1) is 11.8 Å². The summed E-state index contributed by atoms with van der Waals surface area (Å²) in [5.74, 6) is 2.35. The third-order valence-electron chi connectivity index (χ3n) is 5.28. The van der Waals surface area contributed by atoms with E-state index in [1.165, 1.54) is 31.2 Å². The summed E-state index contributed by atoms with van der Waals surface area (Å²) >= 11 is 0. The minimum atomic E-state index is 0.132. The number of amides is 1. The fourth-order valence-electron chi connectivity index (χ4n) is 3.24. The van der Waals surface area contributed by atoms with Gasteiger partial charge in [0.2, 0.25) is 5.91 Å². The Morgan fingerprint density at radius 1 is 1.22 bits per heavy atom. The molecule has 1 aromatic carbocycles. The number of nitrogens with zero attached hydrogens (tertiary/aromatic N) is 1. The number of carbonyl (C=O) groups is 1. The van der Waals surface area contributed by atoms with E-state index in [2.05, 4.69) is 36.3 Å². The Balaban J connectivity index is 1.59. The lowest BCUT2D eigenvalue weighted by Crippen LogP contribution is -2.41. The minimum absolute atomic E-state index is 0.132. The first kappa shape index (κ1) is 16.3. The summed E-state index contributed by atoms with van der Waals surface area (Å²) in [6.07, 6.45) is 5.02. The predicted octanol–water partition coefficient (Wildman–Crippen LogP) is 2.99. The monoisotopic (exact) mass is 316 g/mol. The van der Waals surface area contributed by atoms with Crippen LogP contribution in [0.15, 0.2) is 24.3 Å². The van der Waals surface area contributed by atoms with E-state index in [0.29, 0.717) is 18.5 Å². The molecule has 126 valence electrons. The molecule has 0 radical (unpaired) electrons. The molecular formula is C19H28N2O2. The Hall–Kier alpha value is -1.55. The molecule has 0 heterocycles. The van der Waals surface area contributed by atoms with E-state index in [4.69, 9.17) is 4.74 Å². The summed E-state index contributed by atoms with van der Waals surface area (Å²) in [4.78, 5) is 14.6. The second-order valence-corrected chi connectivity index (χ2v) is 7.15. The van der Waals surface area contributed by atoms with Crippen LogP contribution in [0.5, 0.6) is 5.75 Å².